The molecule has 0 aromatic heterocycles. The molecule has 3 N–H and O–H groups in total. The van der Waals surface area contributed by atoms with Gasteiger partial charge in [-0.1, -0.05) is 34.6 Å². The monoisotopic (exact) mass is 342 g/mol. The summed E-state index contributed by atoms with van der Waals surface area (Å²) in [7, 11) is 0. The Morgan fingerprint density at radius 1 is 1.17 bits per heavy atom. The number of carboxylic acids is 1. The molecule has 7 nitrogen and oxygen atoms in total. The van der Waals surface area contributed by atoms with E-state index in [2.05, 4.69) is 24.5 Å². The Hall–Kier alpha value is -1.63. The van der Waals surface area contributed by atoms with Crippen molar-refractivity contribution < 1.29 is 24.2 Å². The minimum atomic E-state index is -1.44. The molecule has 0 aliphatic carbocycles. The zero-order valence-corrected chi connectivity index (χ0v) is 15.2. The summed E-state index contributed by atoms with van der Waals surface area (Å²) in [5.74, 6) is -1.24. The predicted molar refractivity (Wildman–Crippen MR) is 89.4 cm³/mol. The normalized spacial score (nSPS) is 23.9. The first-order chi connectivity index (χ1) is 11.1. The Morgan fingerprint density at radius 2 is 1.79 bits per heavy atom. The van der Waals surface area contributed by atoms with Crippen LogP contribution in [-0.2, 0) is 19.1 Å². The lowest BCUT2D eigenvalue weighted by Gasteiger charge is -2.20. The highest BCUT2D eigenvalue weighted by Crippen LogP contribution is 2.40. The number of amides is 2. The average molecular weight is 342 g/mol. The van der Waals surface area contributed by atoms with E-state index in [4.69, 9.17) is 4.74 Å². The Labute approximate surface area is 143 Å². The second kappa shape index (κ2) is 8.46. The second-order valence-corrected chi connectivity index (χ2v) is 7.21. The third-order valence-electron chi connectivity index (χ3n) is 4.18. The van der Waals surface area contributed by atoms with E-state index in [9.17, 15) is 19.5 Å². The van der Waals surface area contributed by atoms with Crippen molar-refractivity contribution in [1.82, 2.24) is 10.6 Å². The van der Waals surface area contributed by atoms with Crippen molar-refractivity contribution >= 4 is 17.8 Å². The molecule has 7 heteroatoms. The van der Waals surface area contributed by atoms with Crippen molar-refractivity contribution in [1.29, 1.82) is 0 Å². The Balaban J connectivity index is 2.64. The molecule has 0 spiro atoms. The van der Waals surface area contributed by atoms with Crippen molar-refractivity contribution in [2.75, 3.05) is 6.54 Å². The number of carboxylic acid groups (broad SMARTS) is 1. The summed E-state index contributed by atoms with van der Waals surface area (Å²) in [6.07, 6.45) is 0.518. The molecular formula is C17H30N2O5. The maximum Gasteiger partial charge on any atom is 0.339 e. The Morgan fingerprint density at radius 3 is 2.21 bits per heavy atom. The number of carbonyl (C=O) groups excluding carboxylic acids is 2. The van der Waals surface area contributed by atoms with Gasteiger partial charge in [0, 0.05) is 6.54 Å². The van der Waals surface area contributed by atoms with Crippen LogP contribution in [0.4, 0.5) is 0 Å². The molecule has 0 radical (unpaired) electrons. The molecule has 1 aliphatic rings. The van der Waals surface area contributed by atoms with Gasteiger partial charge in [0.1, 0.15) is 6.04 Å². The zero-order chi connectivity index (χ0) is 18.5. The number of hydrogen-bond donors (Lipinski definition) is 3. The van der Waals surface area contributed by atoms with Crippen molar-refractivity contribution in [3.05, 3.63) is 0 Å². The molecule has 1 aliphatic heterocycles. The van der Waals surface area contributed by atoms with Crippen LogP contribution in [0.25, 0.3) is 0 Å². The van der Waals surface area contributed by atoms with Crippen LogP contribution in [0.1, 0.15) is 53.9 Å². The summed E-state index contributed by atoms with van der Waals surface area (Å²) in [4.78, 5) is 35.9. The number of nitrogens with one attached hydrogen (secondary N) is 2. The highest BCUT2D eigenvalue weighted by Gasteiger charge is 2.65. The predicted octanol–water partition coefficient (Wildman–Crippen LogP) is 1.31. The van der Waals surface area contributed by atoms with Crippen LogP contribution >= 0.6 is 0 Å². The molecular weight excluding hydrogens is 312 g/mol. The summed E-state index contributed by atoms with van der Waals surface area (Å²) >= 11 is 0. The standard InChI is InChI=1S/C17H30N2O5/c1-6-17(16(22)23)13(24-17)15(21)19-12(9-11(4)5)14(20)18-8-7-10(2)3/h10-13H,6-9H2,1-5H3,(H,18,20)(H,19,21)(H,22,23)/t12-,13+,17-/m0/s1. The minimum Gasteiger partial charge on any atom is -0.479 e. The highest BCUT2D eigenvalue weighted by atomic mass is 16.6. The van der Waals surface area contributed by atoms with Gasteiger partial charge in [0.25, 0.3) is 5.91 Å². The molecule has 0 saturated carbocycles. The van der Waals surface area contributed by atoms with Gasteiger partial charge in [-0.25, -0.2) is 4.79 Å². The Kier molecular flexibility index (Phi) is 7.20. The molecule has 0 unspecified atom stereocenters. The van der Waals surface area contributed by atoms with Crippen LogP contribution in [-0.4, -0.2) is 47.2 Å². The van der Waals surface area contributed by atoms with Gasteiger partial charge in [0.05, 0.1) is 0 Å². The van der Waals surface area contributed by atoms with Crippen LogP contribution in [0.5, 0.6) is 0 Å². The van der Waals surface area contributed by atoms with Gasteiger partial charge in [0.2, 0.25) is 11.5 Å². The maximum atomic E-state index is 12.3. The van der Waals surface area contributed by atoms with Crippen molar-refractivity contribution in [2.45, 2.75) is 71.6 Å². The summed E-state index contributed by atoms with van der Waals surface area (Å²) < 4.78 is 5.13. The fourth-order valence-corrected chi connectivity index (χ4v) is 2.58. The molecule has 138 valence electrons. The first-order valence-electron chi connectivity index (χ1n) is 8.63. The number of hydrogen-bond acceptors (Lipinski definition) is 4. The first kappa shape index (κ1) is 20.4. The van der Waals surface area contributed by atoms with Gasteiger partial charge in [-0.2, -0.15) is 0 Å². The molecule has 0 bridgehead atoms. The molecule has 2 amide bonds. The van der Waals surface area contributed by atoms with Gasteiger partial charge >= 0.3 is 5.97 Å². The van der Waals surface area contributed by atoms with E-state index in [1.54, 1.807) is 6.92 Å². The lowest BCUT2D eigenvalue weighted by molar-refractivity contribution is -0.143. The minimum absolute atomic E-state index is 0.204. The molecule has 24 heavy (non-hydrogen) atoms. The van der Waals surface area contributed by atoms with E-state index in [1.165, 1.54) is 0 Å². The number of ether oxygens (including phenoxy) is 1. The van der Waals surface area contributed by atoms with Gasteiger partial charge in [-0.05, 0) is 31.1 Å². The highest BCUT2D eigenvalue weighted by molar-refractivity contribution is 5.97. The van der Waals surface area contributed by atoms with Crippen LogP contribution in [0.15, 0.2) is 0 Å². The molecule has 0 aromatic carbocycles. The van der Waals surface area contributed by atoms with Crippen molar-refractivity contribution in [3.63, 3.8) is 0 Å². The largest absolute Gasteiger partial charge is 0.479 e. The fourth-order valence-electron chi connectivity index (χ4n) is 2.58. The van der Waals surface area contributed by atoms with Crippen LogP contribution < -0.4 is 10.6 Å². The van der Waals surface area contributed by atoms with E-state index in [1.807, 2.05) is 13.8 Å². The number of aliphatic carboxylic acids is 1. The number of carbonyl (C=O) groups is 3. The molecule has 1 fully saturated rings. The average Bonchev–Trinajstić information content (AvgIpc) is 3.21. The number of epoxide rings is 1. The SMILES string of the molecule is CC[C@]1(C(=O)O)O[C@@H]1C(=O)N[C@@H](CC(C)C)C(=O)NCCC(C)C. The summed E-state index contributed by atoms with van der Waals surface area (Å²) in [5.41, 5.74) is -1.44. The van der Waals surface area contributed by atoms with E-state index in [-0.39, 0.29) is 18.2 Å². The summed E-state index contributed by atoms with van der Waals surface area (Å²) in [6.45, 7) is 10.3. The molecule has 3 atom stereocenters. The zero-order valence-electron chi connectivity index (χ0n) is 15.2. The molecule has 1 heterocycles. The quantitative estimate of drug-likeness (QED) is 0.519. The van der Waals surface area contributed by atoms with Crippen LogP contribution in [0, 0.1) is 11.8 Å². The fraction of sp³-hybridized carbons (Fsp3) is 0.824. The van der Waals surface area contributed by atoms with Crippen LogP contribution in [0.3, 0.4) is 0 Å². The third-order valence-corrected chi connectivity index (χ3v) is 4.18. The van der Waals surface area contributed by atoms with Gasteiger partial charge in [0.15, 0.2) is 6.10 Å². The second-order valence-electron chi connectivity index (χ2n) is 7.21. The van der Waals surface area contributed by atoms with Crippen molar-refractivity contribution in [2.24, 2.45) is 11.8 Å². The van der Waals surface area contributed by atoms with Gasteiger partial charge in [-0.3, -0.25) is 9.59 Å². The smallest absolute Gasteiger partial charge is 0.339 e. The third kappa shape index (κ3) is 5.19. The van der Waals surface area contributed by atoms with Gasteiger partial charge in [-0.15, -0.1) is 0 Å². The molecule has 1 saturated heterocycles. The van der Waals surface area contributed by atoms with Crippen LogP contribution in [0.2, 0.25) is 0 Å². The summed E-state index contributed by atoms with van der Waals surface area (Å²) in [6, 6.07) is -0.683. The first-order valence-corrected chi connectivity index (χ1v) is 8.63. The lowest BCUT2D eigenvalue weighted by Crippen LogP contribution is -2.50. The van der Waals surface area contributed by atoms with Gasteiger partial charge < -0.3 is 20.5 Å². The topological polar surface area (TPSA) is 108 Å². The van der Waals surface area contributed by atoms with E-state index in [0.29, 0.717) is 18.9 Å². The molecule has 0 aromatic rings. The van der Waals surface area contributed by atoms with E-state index >= 15 is 0 Å². The van der Waals surface area contributed by atoms with E-state index in [0.717, 1.165) is 6.42 Å². The van der Waals surface area contributed by atoms with E-state index < -0.39 is 29.6 Å². The Bertz CT molecular complexity index is 478. The number of rotatable bonds is 10. The van der Waals surface area contributed by atoms with Crippen molar-refractivity contribution in [3.8, 4) is 0 Å². The summed E-state index contributed by atoms with van der Waals surface area (Å²) in [5, 5.41) is 14.7. The maximum absolute atomic E-state index is 12.3. The lowest BCUT2D eigenvalue weighted by atomic mass is 10.00. The molecule has 1 rings (SSSR count).